The Kier molecular flexibility index (Phi) is 6.81. The summed E-state index contributed by atoms with van der Waals surface area (Å²) in [6.07, 6.45) is 0.807. The average Bonchev–Trinajstić information content (AvgIpc) is 2.68. The SMILES string of the molecule is CCC(C)(C)NC(=O)c1ccc(NC(=O)c2ccc(S(=O)(=O)N(C)C)cc2)cc1. The van der Waals surface area contributed by atoms with Gasteiger partial charge in [-0.05, 0) is 68.8 Å². The molecule has 29 heavy (non-hydrogen) atoms. The molecular formula is C21H27N3O4S. The lowest BCUT2D eigenvalue weighted by Crippen LogP contribution is -2.42. The van der Waals surface area contributed by atoms with Crippen LogP contribution in [0.15, 0.2) is 53.4 Å². The second-order valence-corrected chi connectivity index (χ2v) is 9.69. The highest BCUT2D eigenvalue weighted by molar-refractivity contribution is 7.89. The number of hydrogen-bond donors (Lipinski definition) is 2. The summed E-state index contributed by atoms with van der Waals surface area (Å²) >= 11 is 0. The van der Waals surface area contributed by atoms with Gasteiger partial charge in [-0.15, -0.1) is 0 Å². The highest BCUT2D eigenvalue weighted by atomic mass is 32.2. The van der Waals surface area contributed by atoms with Crippen molar-refractivity contribution in [3.8, 4) is 0 Å². The van der Waals surface area contributed by atoms with Gasteiger partial charge in [0.25, 0.3) is 11.8 Å². The van der Waals surface area contributed by atoms with Gasteiger partial charge in [-0.1, -0.05) is 6.92 Å². The predicted molar refractivity (Wildman–Crippen MR) is 114 cm³/mol. The molecular weight excluding hydrogens is 390 g/mol. The molecule has 0 radical (unpaired) electrons. The molecule has 2 rings (SSSR count). The standard InChI is InChI=1S/C21H27N3O4S/c1-6-21(2,3)23-20(26)16-7-11-17(12-8-16)22-19(25)15-9-13-18(14-10-15)29(27,28)24(4)5/h7-14H,6H2,1-5H3,(H,22,25)(H,23,26). The quantitative estimate of drug-likeness (QED) is 0.724. The molecule has 0 atom stereocenters. The maximum Gasteiger partial charge on any atom is 0.255 e. The summed E-state index contributed by atoms with van der Waals surface area (Å²) in [5, 5.41) is 5.69. The van der Waals surface area contributed by atoms with E-state index in [1.807, 2.05) is 20.8 Å². The van der Waals surface area contributed by atoms with E-state index in [4.69, 9.17) is 0 Å². The lowest BCUT2D eigenvalue weighted by molar-refractivity contribution is 0.0911. The molecule has 0 aliphatic heterocycles. The number of carbonyl (C=O) groups is 2. The largest absolute Gasteiger partial charge is 0.347 e. The fourth-order valence-electron chi connectivity index (χ4n) is 2.37. The van der Waals surface area contributed by atoms with Crippen LogP contribution in [0.1, 0.15) is 47.9 Å². The molecule has 0 aliphatic rings. The second kappa shape index (κ2) is 8.75. The van der Waals surface area contributed by atoms with Gasteiger partial charge < -0.3 is 10.6 Å². The maximum atomic E-state index is 12.4. The number of sulfonamides is 1. The summed E-state index contributed by atoms with van der Waals surface area (Å²) < 4.78 is 25.3. The van der Waals surface area contributed by atoms with Crippen LogP contribution in [0.25, 0.3) is 0 Å². The molecule has 0 saturated carbocycles. The highest BCUT2D eigenvalue weighted by Crippen LogP contribution is 2.16. The van der Waals surface area contributed by atoms with E-state index < -0.39 is 10.0 Å². The van der Waals surface area contributed by atoms with Gasteiger partial charge in [-0.25, -0.2) is 12.7 Å². The lowest BCUT2D eigenvalue weighted by Gasteiger charge is -2.24. The van der Waals surface area contributed by atoms with Gasteiger partial charge >= 0.3 is 0 Å². The van der Waals surface area contributed by atoms with Crippen molar-refractivity contribution in [3.63, 3.8) is 0 Å². The number of benzene rings is 2. The number of nitrogens with one attached hydrogen (secondary N) is 2. The molecule has 0 unspecified atom stereocenters. The van der Waals surface area contributed by atoms with E-state index in [0.29, 0.717) is 16.8 Å². The summed E-state index contributed by atoms with van der Waals surface area (Å²) in [5.74, 6) is -0.546. The van der Waals surface area contributed by atoms with Gasteiger partial charge in [0.15, 0.2) is 0 Å². The van der Waals surface area contributed by atoms with E-state index in [-0.39, 0.29) is 22.2 Å². The minimum absolute atomic E-state index is 0.115. The van der Waals surface area contributed by atoms with Crippen molar-refractivity contribution in [2.75, 3.05) is 19.4 Å². The first-order chi connectivity index (χ1) is 13.5. The van der Waals surface area contributed by atoms with Crippen molar-refractivity contribution in [2.45, 2.75) is 37.6 Å². The highest BCUT2D eigenvalue weighted by Gasteiger charge is 2.19. The van der Waals surface area contributed by atoms with Crippen LogP contribution in [0, 0.1) is 0 Å². The van der Waals surface area contributed by atoms with E-state index >= 15 is 0 Å². The molecule has 0 fully saturated rings. The maximum absolute atomic E-state index is 12.4. The van der Waals surface area contributed by atoms with Crippen molar-refractivity contribution in [2.24, 2.45) is 0 Å². The summed E-state index contributed by atoms with van der Waals surface area (Å²) in [4.78, 5) is 24.8. The number of rotatable bonds is 7. The molecule has 0 spiro atoms. The fourth-order valence-corrected chi connectivity index (χ4v) is 3.27. The normalized spacial score (nSPS) is 11.9. The van der Waals surface area contributed by atoms with Crippen LogP contribution in [0.2, 0.25) is 0 Å². The molecule has 0 heterocycles. The Morgan fingerprint density at radius 1 is 0.897 bits per heavy atom. The van der Waals surface area contributed by atoms with Crippen LogP contribution >= 0.6 is 0 Å². The Labute approximate surface area is 172 Å². The van der Waals surface area contributed by atoms with Crippen LogP contribution in [0.4, 0.5) is 5.69 Å². The zero-order chi connectivity index (χ0) is 21.8. The van der Waals surface area contributed by atoms with Crippen molar-refractivity contribution < 1.29 is 18.0 Å². The Bertz CT molecular complexity index is 980. The van der Waals surface area contributed by atoms with Gasteiger partial charge in [0.05, 0.1) is 4.90 Å². The van der Waals surface area contributed by atoms with Gasteiger partial charge in [-0.3, -0.25) is 9.59 Å². The van der Waals surface area contributed by atoms with Gasteiger partial charge in [0.2, 0.25) is 10.0 Å². The molecule has 156 valence electrons. The Morgan fingerprint density at radius 2 is 1.38 bits per heavy atom. The zero-order valence-electron chi connectivity index (χ0n) is 17.3. The predicted octanol–water partition coefficient (Wildman–Crippen LogP) is 3.11. The molecule has 0 aliphatic carbocycles. The summed E-state index contributed by atoms with van der Waals surface area (Å²) in [6.45, 7) is 5.91. The Morgan fingerprint density at radius 3 is 1.86 bits per heavy atom. The van der Waals surface area contributed by atoms with Crippen LogP contribution in [-0.4, -0.2) is 44.2 Å². The van der Waals surface area contributed by atoms with Gasteiger partial charge in [0.1, 0.15) is 0 Å². The summed E-state index contributed by atoms with van der Waals surface area (Å²) in [7, 11) is -0.648. The summed E-state index contributed by atoms with van der Waals surface area (Å²) in [6, 6.07) is 12.3. The van der Waals surface area contributed by atoms with Crippen molar-refractivity contribution in [3.05, 3.63) is 59.7 Å². The average molecular weight is 418 g/mol. The number of amides is 2. The van der Waals surface area contributed by atoms with Gasteiger partial charge in [-0.2, -0.15) is 0 Å². The molecule has 0 aromatic heterocycles. The Balaban J connectivity index is 2.07. The first-order valence-corrected chi connectivity index (χ1v) is 10.7. The number of nitrogens with zero attached hydrogens (tertiary/aromatic N) is 1. The number of carbonyl (C=O) groups excluding carboxylic acids is 2. The molecule has 7 nitrogen and oxygen atoms in total. The van der Waals surface area contributed by atoms with E-state index in [9.17, 15) is 18.0 Å². The fraction of sp³-hybridized carbons (Fsp3) is 0.333. The van der Waals surface area contributed by atoms with Crippen LogP contribution < -0.4 is 10.6 Å². The van der Waals surface area contributed by atoms with Crippen molar-refractivity contribution in [1.29, 1.82) is 0 Å². The molecule has 2 N–H and O–H groups in total. The third-order valence-corrected chi connectivity index (χ3v) is 6.47. The van der Waals surface area contributed by atoms with E-state index in [1.54, 1.807) is 24.3 Å². The van der Waals surface area contributed by atoms with E-state index in [2.05, 4.69) is 10.6 Å². The molecule has 0 bridgehead atoms. The molecule has 2 aromatic rings. The molecule has 2 aromatic carbocycles. The third-order valence-electron chi connectivity index (χ3n) is 4.64. The van der Waals surface area contributed by atoms with Gasteiger partial charge in [0, 0.05) is 36.4 Å². The van der Waals surface area contributed by atoms with Crippen LogP contribution in [-0.2, 0) is 10.0 Å². The molecule has 2 amide bonds. The third kappa shape index (κ3) is 5.65. The zero-order valence-corrected chi connectivity index (χ0v) is 18.1. The Hall–Kier alpha value is -2.71. The number of hydrogen-bond acceptors (Lipinski definition) is 4. The molecule has 8 heteroatoms. The second-order valence-electron chi connectivity index (χ2n) is 7.53. The monoisotopic (exact) mass is 417 g/mol. The van der Waals surface area contributed by atoms with Crippen molar-refractivity contribution >= 4 is 27.5 Å². The summed E-state index contributed by atoms with van der Waals surface area (Å²) in [5.41, 5.74) is 1.07. The van der Waals surface area contributed by atoms with E-state index in [1.165, 1.54) is 38.4 Å². The first kappa shape index (κ1) is 22.6. The number of anilines is 1. The first-order valence-electron chi connectivity index (χ1n) is 9.23. The van der Waals surface area contributed by atoms with Crippen LogP contribution in [0.5, 0.6) is 0 Å². The minimum Gasteiger partial charge on any atom is -0.347 e. The smallest absolute Gasteiger partial charge is 0.255 e. The molecule has 0 saturated heterocycles. The minimum atomic E-state index is -3.54. The van der Waals surface area contributed by atoms with E-state index in [0.717, 1.165) is 10.7 Å². The van der Waals surface area contributed by atoms with Crippen molar-refractivity contribution in [1.82, 2.24) is 9.62 Å². The van der Waals surface area contributed by atoms with Crippen LogP contribution in [0.3, 0.4) is 0 Å². The topological polar surface area (TPSA) is 95.6 Å². The lowest BCUT2D eigenvalue weighted by atomic mass is 10.0.